The van der Waals surface area contributed by atoms with Crippen molar-refractivity contribution in [3.05, 3.63) is 26.6 Å². The predicted molar refractivity (Wildman–Crippen MR) is 99.4 cm³/mol. The van der Waals surface area contributed by atoms with Crippen LogP contribution >= 0.6 is 43.6 Å². The molecule has 1 aromatic carbocycles. The van der Waals surface area contributed by atoms with Crippen LogP contribution in [0.5, 0.6) is 5.75 Å². The molecule has 0 aromatic heterocycles. The topological polar surface area (TPSA) is 21.3 Å². The standard InChI is InChI=1S/C16H23Br2NOS/c1-3-20-16-14(17)8-11(9-15(16)18)10-19-12-4-6-13(21-2)7-5-12/h8-9,12-13,19H,3-7,10H2,1-2H3. The fourth-order valence-corrected chi connectivity index (χ4v) is 5.02. The van der Waals surface area contributed by atoms with Gasteiger partial charge in [0.2, 0.25) is 0 Å². The van der Waals surface area contributed by atoms with Gasteiger partial charge < -0.3 is 10.1 Å². The van der Waals surface area contributed by atoms with E-state index < -0.39 is 0 Å². The quantitative estimate of drug-likeness (QED) is 0.647. The van der Waals surface area contributed by atoms with Crippen LogP contribution in [0.1, 0.15) is 38.2 Å². The molecule has 2 nitrogen and oxygen atoms in total. The number of hydrogen-bond acceptors (Lipinski definition) is 3. The van der Waals surface area contributed by atoms with E-state index in [0.717, 1.165) is 26.5 Å². The number of thioether (sulfide) groups is 1. The van der Waals surface area contributed by atoms with Crippen LogP contribution in [0.3, 0.4) is 0 Å². The van der Waals surface area contributed by atoms with E-state index in [4.69, 9.17) is 4.74 Å². The van der Waals surface area contributed by atoms with Crippen molar-refractivity contribution in [1.29, 1.82) is 0 Å². The minimum absolute atomic E-state index is 0.664. The van der Waals surface area contributed by atoms with Gasteiger partial charge in [0.05, 0.1) is 15.6 Å². The van der Waals surface area contributed by atoms with Gasteiger partial charge in [0.15, 0.2) is 0 Å². The van der Waals surface area contributed by atoms with E-state index in [1.807, 2.05) is 18.7 Å². The van der Waals surface area contributed by atoms with E-state index in [1.54, 1.807) is 0 Å². The maximum Gasteiger partial charge on any atom is 0.147 e. The Labute approximate surface area is 149 Å². The Morgan fingerprint density at radius 2 is 1.81 bits per heavy atom. The average Bonchev–Trinajstić information content (AvgIpc) is 2.49. The second-order valence-electron chi connectivity index (χ2n) is 5.41. The number of hydrogen-bond donors (Lipinski definition) is 1. The van der Waals surface area contributed by atoms with Gasteiger partial charge in [-0.05, 0) is 88.4 Å². The number of benzene rings is 1. The third kappa shape index (κ3) is 5.15. The van der Waals surface area contributed by atoms with Gasteiger partial charge in [-0.2, -0.15) is 11.8 Å². The van der Waals surface area contributed by atoms with Crippen molar-refractivity contribution in [1.82, 2.24) is 5.32 Å². The first-order chi connectivity index (χ1) is 10.1. The lowest BCUT2D eigenvalue weighted by Crippen LogP contribution is -2.33. The maximum absolute atomic E-state index is 5.62. The van der Waals surface area contributed by atoms with Crippen LogP contribution in [0.2, 0.25) is 0 Å². The highest BCUT2D eigenvalue weighted by Gasteiger charge is 2.20. The monoisotopic (exact) mass is 435 g/mol. The van der Waals surface area contributed by atoms with E-state index in [-0.39, 0.29) is 0 Å². The lowest BCUT2D eigenvalue weighted by molar-refractivity contribution is 0.335. The molecule has 0 saturated heterocycles. The van der Waals surface area contributed by atoms with Crippen LogP contribution in [0.4, 0.5) is 0 Å². The third-order valence-electron chi connectivity index (χ3n) is 3.95. The van der Waals surface area contributed by atoms with Gasteiger partial charge in [-0.25, -0.2) is 0 Å². The predicted octanol–water partition coefficient (Wildman–Crippen LogP) is 5.37. The first kappa shape index (κ1) is 17.6. The molecule has 0 unspecified atom stereocenters. The summed E-state index contributed by atoms with van der Waals surface area (Å²) in [5.74, 6) is 0.890. The van der Waals surface area contributed by atoms with Crippen molar-refractivity contribution in [2.24, 2.45) is 0 Å². The second kappa shape index (κ2) is 8.80. The van der Waals surface area contributed by atoms with Gasteiger partial charge in [0.1, 0.15) is 5.75 Å². The lowest BCUT2D eigenvalue weighted by atomic mass is 9.95. The molecule has 1 aliphatic rings. The zero-order chi connectivity index (χ0) is 15.2. The summed E-state index contributed by atoms with van der Waals surface area (Å²) in [5.41, 5.74) is 1.28. The summed E-state index contributed by atoms with van der Waals surface area (Å²) in [4.78, 5) is 0. The SMILES string of the molecule is CCOc1c(Br)cc(CNC2CCC(SC)CC2)cc1Br. The van der Waals surface area contributed by atoms with Gasteiger partial charge in [-0.1, -0.05) is 0 Å². The number of ether oxygens (including phenoxy) is 1. The van der Waals surface area contributed by atoms with Crippen LogP contribution in [-0.2, 0) is 6.54 Å². The molecule has 0 aliphatic heterocycles. The molecule has 5 heteroatoms. The van der Waals surface area contributed by atoms with Crippen LogP contribution < -0.4 is 10.1 Å². The van der Waals surface area contributed by atoms with Crippen molar-refractivity contribution in [2.75, 3.05) is 12.9 Å². The fourth-order valence-electron chi connectivity index (χ4n) is 2.76. The molecule has 1 aliphatic carbocycles. The fraction of sp³-hybridized carbons (Fsp3) is 0.625. The van der Waals surface area contributed by atoms with Gasteiger partial charge in [-0.15, -0.1) is 0 Å². The highest BCUT2D eigenvalue weighted by atomic mass is 79.9. The molecule has 0 spiro atoms. The van der Waals surface area contributed by atoms with Crippen LogP contribution in [0, 0.1) is 0 Å². The summed E-state index contributed by atoms with van der Waals surface area (Å²) in [6.07, 6.45) is 7.51. The van der Waals surface area contributed by atoms with Gasteiger partial charge in [-0.3, -0.25) is 0 Å². The molecule has 0 heterocycles. The van der Waals surface area contributed by atoms with Gasteiger partial charge in [0, 0.05) is 17.8 Å². The first-order valence-electron chi connectivity index (χ1n) is 7.51. The summed E-state index contributed by atoms with van der Waals surface area (Å²) in [5, 5.41) is 4.57. The molecule has 2 rings (SSSR count). The molecule has 0 bridgehead atoms. The second-order valence-corrected chi connectivity index (χ2v) is 8.26. The van der Waals surface area contributed by atoms with Crippen molar-refractivity contribution in [2.45, 2.75) is 50.4 Å². The molecule has 0 radical (unpaired) electrons. The molecule has 118 valence electrons. The molecule has 0 amide bonds. The largest absolute Gasteiger partial charge is 0.492 e. The lowest BCUT2D eigenvalue weighted by Gasteiger charge is -2.28. The number of rotatable bonds is 6. The molecular weight excluding hydrogens is 414 g/mol. The van der Waals surface area contributed by atoms with Gasteiger partial charge >= 0.3 is 0 Å². The average molecular weight is 437 g/mol. The molecular formula is C16H23Br2NOS. The third-order valence-corrected chi connectivity index (χ3v) is 6.27. The highest BCUT2D eigenvalue weighted by molar-refractivity contribution is 9.11. The smallest absolute Gasteiger partial charge is 0.147 e. The Bertz CT molecular complexity index is 439. The number of halogens is 2. The Morgan fingerprint density at radius 3 is 2.33 bits per heavy atom. The van der Waals surface area contributed by atoms with Crippen LogP contribution in [0.25, 0.3) is 0 Å². The Morgan fingerprint density at radius 1 is 1.19 bits per heavy atom. The van der Waals surface area contributed by atoms with Crippen molar-refractivity contribution in [3.8, 4) is 5.75 Å². The molecule has 1 fully saturated rings. The van der Waals surface area contributed by atoms with E-state index >= 15 is 0 Å². The Hall–Kier alpha value is 0.290. The van der Waals surface area contributed by atoms with Crippen molar-refractivity contribution < 1.29 is 4.74 Å². The molecule has 0 atom stereocenters. The summed E-state index contributed by atoms with van der Waals surface area (Å²) in [6, 6.07) is 4.96. The van der Waals surface area contributed by atoms with Gasteiger partial charge in [0.25, 0.3) is 0 Å². The Balaban J connectivity index is 1.89. The summed E-state index contributed by atoms with van der Waals surface area (Å²) >= 11 is 9.21. The van der Waals surface area contributed by atoms with Crippen molar-refractivity contribution in [3.63, 3.8) is 0 Å². The van der Waals surface area contributed by atoms with E-state index in [2.05, 4.69) is 55.6 Å². The van der Waals surface area contributed by atoms with E-state index in [9.17, 15) is 0 Å². The summed E-state index contributed by atoms with van der Waals surface area (Å²) in [7, 11) is 0. The zero-order valence-corrected chi connectivity index (χ0v) is 16.6. The van der Waals surface area contributed by atoms with Crippen LogP contribution in [-0.4, -0.2) is 24.2 Å². The summed E-state index contributed by atoms with van der Waals surface area (Å²) in [6.45, 7) is 3.59. The number of nitrogens with one attached hydrogen (secondary N) is 1. The minimum Gasteiger partial charge on any atom is -0.492 e. The normalized spacial score (nSPS) is 22.3. The highest BCUT2D eigenvalue weighted by Crippen LogP contribution is 2.35. The summed E-state index contributed by atoms with van der Waals surface area (Å²) < 4.78 is 7.66. The molecule has 1 aromatic rings. The Kier molecular flexibility index (Phi) is 7.39. The minimum atomic E-state index is 0.664. The van der Waals surface area contributed by atoms with Crippen LogP contribution in [0.15, 0.2) is 21.1 Å². The molecule has 21 heavy (non-hydrogen) atoms. The zero-order valence-electron chi connectivity index (χ0n) is 12.6. The van der Waals surface area contributed by atoms with E-state index in [1.165, 1.54) is 31.2 Å². The van der Waals surface area contributed by atoms with E-state index in [0.29, 0.717) is 12.6 Å². The molecule has 1 saturated carbocycles. The first-order valence-corrected chi connectivity index (χ1v) is 10.4. The molecule has 1 N–H and O–H groups in total. The van der Waals surface area contributed by atoms with Crippen molar-refractivity contribution >= 4 is 43.6 Å². The maximum atomic E-state index is 5.62.